The van der Waals surface area contributed by atoms with Crippen molar-refractivity contribution in [1.82, 2.24) is 5.32 Å². The highest BCUT2D eigenvalue weighted by molar-refractivity contribution is 5.76. The molecule has 82 heavy (non-hydrogen) atoms. The van der Waals surface area contributed by atoms with Crippen LogP contribution in [0.4, 0.5) is 0 Å². The van der Waals surface area contributed by atoms with Gasteiger partial charge in [-0.2, -0.15) is 0 Å². The molecule has 0 radical (unpaired) electrons. The maximum atomic E-state index is 12.5. The molecule has 0 spiro atoms. The van der Waals surface area contributed by atoms with Crippen LogP contribution in [0.5, 0.6) is 0 Å². The van der Waals surface area contributed by atoms with Crippen molar-refractivity contribution in [2.75, 3.05) is 13.2 Å². The molecular weight excluding hydrogens is 1010 g/mol. The zero-order valence-corrected chi connectivity index (χ0v) is 55.5. The number of ether oxygens (including phenoxy) is 1. The Kier molecular flexibility index (Phi) is 69.9. The van der Waals surface area contributed by atoms with Crippen LogP contribution in [0.2, 0.25) is 0 Å². The van der Waals surface area contributed by atoms with Gasteiger partial charge in [0.1, 0.15) is 0 Å². The van der Waals surface area contributed by atoms with Crippen molar-refractivity contribution < 1.29 is 24.5 Å². The van der Waals surface area contributed by atoms with Gasteiger partial charge in [0.2, 0.25) is 5.91 Å². The molecule has 0 fully saturated rings. The minimum Gasteiger partial charge on any atom is -0.466 e. The third-order valence-electron chi connectivity index (χ3n) is 17.4. The molecular formula is C76H145NO5. The van der Waals surface area contributed by atoms with Crippen molar-refractivity contribution in [3.8, 4) is 0 Å². The molecule has 2 unspecified atom stereocenters. The fraction of sp³-hybridized carbons (Fsp3) is 0.895. The first-order valence-electron chi connectivity index (χ1n) is 37.3. The second-order valence-corrected chi connectivity index (χ2v) is 25.6. The van der Waals surface area contributed by atoms with Gasteiger partial charge in [0.05, 0.1) is 25.4 Å². The Balaban J connectivity index is 3.42. The molecule has 0 aromatic carbocycles. The number of hydrogen-bond acceptors (Lipinski definition) is 5. The number of aliphatic hydroxyl groups excluding tert-OH is 2. The normalized spacial score (nSPS) is 12.7. The van der Waals surface area contributed by atoms with Crippen molar-refractivity contribution in [2.45, 2.75) is 424 Å². The van der Waals surface area contributed by atoms with Crippen LogP contribution in [0.25, 0.3) is 0 Å². The highest BCUT2D eigenvalue weighted by Crippen LogP contribution is 2.19. The van der Waals surface area contributed by atoms with Gasteiger partial charge in [0.15, 0.2) is 0 Å². The van der Waals surface area contributed by atoms with Gasteiger partial charge >= 0.3 is 5.97 Å². The summed E-state index contributed by atoms with van der Waals surface area (Å²) in [6, 6.07) is -0.632. The standard InChI is InChI=1S/C76H145NO5/c1-3-5-7-9-11-13-15-17-19-21-22-23-27-30-33-37-40-44-48-52-56-60-64-68-74(79)73(72-78)77-75(80)69-65-61-57-53-49-45-41-38-34-31-28-25-24-26-29-32-35-39-43-47-51-55-59-63-67-71-82-76(81)70-66-62-58-54-50-46-42-36-20-18-16-14-12-10-8-6-4-2/h18,20,25,28,64,68,73-74,78-79H,3-17,19,21-24,26-27,29-63,65-67,69-72H2,1-2H3,(H,77,80)/b20-18-,28-25-,68-64+. The largest absolute Gasteiger partial charge is 0.466 e. The summed E-state index contributed by atoms with van der Waals surface area (Å²) in [5.74, 6) is -0.0565. The van der Waals surface area contributed by atoms with E-state index in [4.69, 9.17) is 4.74 Å². The number of amides is 1. The summed E-state index contributed by atoms with van der Waals surface area (Å²) in [7, 11) is 0. The Bertz CT molecular complexity index is 1330. The molecule has 2 atom stereocenters. The SMILES string of the molecule is CCCCCCCC/C=C\CCCCCCCCCC(=O)OCCCCCCCCCCCCCC/C=C\CCCCCCCCCCCC(=O)NC(CO)C(O)/C=C/CCCCCCCCCCCCCCCCCCCCCCC. The molecule has 0 aliphatic carbocycles. The van der Waals surface area contributed by atoms with Gasteiger partial charge in [-0.3, -0.25) is 9.59 Å². The van der Waals surface area contributed by atoms with E-state index in [0.717, 1.165) is 44.9 Å². The lowest BCUT2D eigenvalue weighted by atomic mass is 10.0. The lowest BCUT2D eigenvalue weighted by Gasteiger charge is -2.20. The number of carbonyl (C=O) groups is 2. The molecule has 0 bridgehead atoms. The van der Waals surface area contributed by atoms with Crippen molar-refractivity contribution in [2.24, 2.45) is 0 Å². The quantitative estimate of drug-likeness (QED) is 0.0320. The molecule has 0 saturated carbocycles. The Hall–Kier alpha value is -1.92. The smallest absolute Gasteiger partial charge is 0.305 e. The fourth-order valence-corrected chi connectivity index (χ4v) is 11.7. The lowest BCUT2D eigenvalue weighted by molar-refractivity contribution is -0.143. The van der Waals surface area contributed by atoms with Crippen LogP contribution >= 0.6 is 0 Å². The van der Waals surface area contributed by atoms with Crippen LogP contribution in [-0.4, -0.2) is 47.4 Å². The summed E-state index contributed by atoms with van der Waals surface area (Å²) in [6.45, 7) is 4.94. The average molecular weight is 1150 g/mol. The van der Waals surface area contributed by atoms with Gasteiger partial charge in [-0.1, -0.05) is 352 Å². The summed E-state index contributed by atoms with van der Waals surface area (Å²) in [6.07, 6.45) is 92.3. The van der Waals surface area contributed by atoms with Gasteiger partial charge in [-0.05, 0) is 83.5 Å². The predicted molar refractivity (Wildman–Crippen MR) is 361 cm³/mol. The number of allylic oxidation sites excluding steroid dienone is 5. The molecule has 6 nitrogen and oxygen atoms in total. The Labute approximate surface area is 513 Å². The fourth-order valence-electron chi connectivity index (χ4n) is 11.7. The Morgan fingerprint density at radius 1 is 0.329 bits per heavy atom. The van der Waals surface area contributed by atoms with Crippen molar-refractivity contribution >= 4 is 11.9 Å². The number of hydrogen-bond donors (Lipinski definition) is 3. The molecule has 0 aromatic rings. The second-order valence-electron chi connectivity index (χ2n) is 25.6. The first-order chi connectivity index (χ1) is 40.5. The maximum Gasteiger partial charge on any atom is 0.305 e. The molecule has 0 rings (SSSR count). The molecule has 0 heterocycles. The van der Waals surface area contributed by atoms with E-state index in [1.807, 2.05) is 6.08 Å². The van der Waals surface area contributed by atoms with Gasteiger partial charge in [-0.25, -0.2) is 0 Å². The topological polar surface area (TPSA) is 95.9 Å². The van der Waals surface area contributed by atoms with E-state index in [9.17, 15) is 19.8 Å². The van der Waals surface area contributed by atoms with E-state index in [-0.39, 0.29) is 18.5 Å². The van der Waals surface area contributed by atoms with Crippen molar-refractivity contribution in [3.63, 3.8) is 0 Å². The van der Waals surface area contributed by atoms with E-state index < -0.39 is 12.1 Å². The number of unbranched alkanes of at least 4 members (excludes halogenated alkanes) is 55. The lowest BCUT2D eigenvalue weighted by Crippen LogP contribution is -2.45. The minimum absolute atomic E-state index is 0.0104. The number of rotatable bonds is 70. The third-order valence-corrected chi connectivity index (χ3v) is 17.4. The van der Waals surface area contributed by atoms with E-state index in [1.54, 1.807) is 6.08 Å². The summed E-state index contributed by atoms with van der Waals surface area (Å²) in [5, 5.41) is 23.3. The van der Waals surface area contributed by atoms with Crippen LogP contribution in [0.15, 0.2) is 36.5 Å². The van der Waals surface area contributed by atoms with Crippen LogP contribution < -0.4 is 5.32 Å². The third kappa shape index (κ3) is 67.2. The summed E-state index contributed by atoms with van der Waals surface area (Å²) < 4.78 is 5.50. The van der Waals surface area contributed by atoms with Crippen molar-refractivity contribution in [3.05, 3.63) is 36.5 Å². The average Bonchev–Trinajstić information content (AvgIpc) is 3.48. The van der Waals surface area contributed by atoms with Crippen molar-refractivity contribution in [1.29, 1.82) is 0 Å². The number of esters is 1. The molecule has 0 aromatic heterocycles. The second kappa shape index (κ2) is 71.6. The highest BCUT2D eigenvalue weighted by Gasteiger charge is 2.18. The minimum atomic E-state index is -0.848. The number of nitrogens with one attached hydrogen (secondary N) is 1. The molecule has 484 valence electrons. The monoisotopic (exact) mass is 1150 g/mol. The summed E-state index contributed by atoms with van der Waals surface area (Å²) in [5.41, 5.74) is 0. The molecule has 0 saturated heterocycles. The van der Waals surface area contributed by atoms with Gasteiger partial charge in [0, 0.05) is 12.8 Å². The molecule has 6 heteroatoms. The zero-order valence-electron chi connectivity index (χ0n) is 55.5. The number of aliphatic hydroxyl groups is 2. The summed E-state index contributed by atoms with van der Waals surface area (Å²) in [4.78, 5) is 24.6. The molecule has 1 amide bonds. The van der Waals surface area contributed by atoms with E-state index in [1.165, 1.54) is 340 Å². The van der Waals surface area contributed by atoms with Gasteiger partial charge < -0.3 is 20.3 Å². The van der Waals surface area contributed by atoms with Gasteiger partial charge in [-0.15, -0.1) is 0 Å². The Morgan fingerprint density at radius 2 is 0.573 bits per heavy atom. The first kappa shape index (κ1) is 80.1. The molecule has 0 aliphatic rings. The maximum absolute atomic E-state index is 12.5. The van der Waals surface area contributed by atoms with Crippen LogP contribution in [0.1, 0.15) is 412 Å². The number of carbonyl (C=O) groups excluding carboxylic acids is 2. The zero-order chi connectivity index (χ0) is 59.2. The van der Waals surface area contributed by atoms with Crippen LogP contribution in [0.3, 0.4) is 0 Å². The summed E-state index contributed by atoms with van der Waals surface area (Å²) >= 11 is 0. The highest BCUT2D eigenvalue weighted by atomic mass is 16.5. The first-order valence-corrected chi connectivity index (χ1v) is 37.3. The van der Waals surface area contributed by atoms with Crippen LogP contribution in [0, 0.1) is 0 Å². The molecule has 3 N–H and O–H groups in total. The van der Waals surface area contributed by atoms with E-state index in [0.29, 0.717) is 19.4 Å². The molecule has 0 aliphatic heterocycles. The van der Waals surface area contributed by atoms with E-state index in [2.05, 4.69) is 43.5 Å². The van der Waals surface area contributed by atoms with E-state index >= 15 is 0 Å². The van der Waals surface area contributed by atoms with Gasteiger partial charge in [0.25, 0.3) is 0 Å². The Morgan fingerprint density at radius 3 is 0.866 bits per heavy atom. The van der Waals surface area contributed by atoms with Crippen LogP contribution in [-0.2, 0) is 14.3 Å². The predicted octanol–water partition coefficient (Wildman–Crippen LogP) is 24.3.